The van der Waals surface area contributed by atoms with Crippen molar-refractivity contribution in [3.8, 4) is 5.75 Å². The van der Waals surface area contributed by atoms with Gasteiger partial charge in [0.2, 0.25) is 0 Å². The third kappa shape index (κ3) is 4.86. The molecule has 8 nitrogen and oxygen atoms in total. The fourth-order valence-corrected chi connectivity index (χ4v) is 4.67. The molecule has 172 valence electrons. The molecular formula is C23H35N3O5. The molecule has 2 fully saturated rings. The van der Waals surface area contributed by atoms with Gasteiger partial charge in [-0.25, -0.2) is 4.79 Å². The molecule has 0 saturated carbocycles. The molecule has 0 radical (unpaired) electrons. The van der Waals surface area contributed by atoms with Crippen LogP contribution in [0.4, 0.5) is 4.79 Å². The molecule has 8 heteroatoms. The highest BCUT2D eigenvalue weighted by Gasteiger charge is 2.57. The predicted octanol–water partition coefficient (Wildman–Crippen LogP) is 2.02. The van der Waals surface area contributed by atoms with E-state index >= 15 is 0 Å². The van der Waals surface area contributed by atoms with Crippen LogP contribution < -0.4 is 4.74 Å². The number of methoxy groups -OCH3 is 3. The minimum Gasteiger partial charge on any atom is -0.497 e. The van der Waals surface area contributed by atoms with Crippen molar-refractivity contribution in [3.05, 3.63) is 29.8 Å². The van der Waals surface area contributed by atoms with Crippen molar-refractivity contribution < 1.29 is 23.8 Å². The fraction of sp³-hybridized carbons (Fsp3) is 0.652. The van der Waals surface area contributed by atoms with Crippen LogP contribution in [0.1, 0.15) is 25.3 Å². The molecule has 0 aromatic heterocycles. The van der Waals surface area contributed by atoms with Gasteiger partial charge in [-0.15, -0.1) is 0 Å². The van der Waals surface area contributed by atoms with E-state index in [4.69, 9.17) is 14.2 Å². The van der Waals surface area contributed by atoms with Gasteiger partial charge in [0.25, 0.3) is 5.91 Å². The first-order valence-corrected chi connectivity index (χ1v) is 10.9. The van der Waals surface area contributed by atoms with Gasteiger partial charge in [-0.2, -0.15) is 0 Å². The smallest absolute Gasteiger partial charge is 0.327 e. The third-order valence-electron chi connectivity index (χ3n) is 6.58. The lowest BCUT2D eigenvalue weighted by Gasteiger charge is -2.44. The van der Waals surface area contributed by atoms with Gasteiger partial charge in [-0.05, 0) is 43.9 Å². The fourth-order valence-electron chi connectivity index (χ4n) is 4.67. The number of hydrogen-bond acceptors (Lipinski definition) is 6. The van der Waals surface area contributed by atoms with Crippen molar-refractivity contribution in [2.24, 2.45) is 0 Å². The van der Waals surface area contributed by atoms with E-state index in [9.17, 15) is 9.59 Å². The molecule has 0 N–H and O–H groups in total. The Morgan fingerprint density at radius 1 is 1.00 bits per heavy atom. The Bertz CT molecular complexity index is 746. The van der Waals surface area contributed by atoms with Crippen LogP contribution in [-0.2, 0) is 20.7 Å². The summed E-state index contributed by atoms with van der Waals surface area (Å²) in [5.41, 5.74) is 0.346. The lowest BCUT2D eigenvalue weighted by atomic mass is 9.85. The van der Waals surface area contributed by atoms with Crippen LogP contribution >= 0.6 is 0 Å². The van der Waals surface area contributed by atoms with E-state index in [1.54, 1.807) is 21.3 Å². The Hall–Kier alpha value is -2.16. The Labute approximate surface area is 185 Å². The molecule has 2 saturated heterocycles. The Morgan fingerprint density at radius 2 is 1.68 bits per heavy atom. The highest BCUT2D eigenvalue weighted by molar-refractivity contribution is 6.07. The van der Waals surface area contributed by atoms with Crippen LogP contribution in [0.3, 0.4) is 0 Å². The van der Waals surface area contributed by atoms with Crippen LogP contribution in [-0.4, -0.2) is 98.9 Å². The lowest BCUT2D eigenvalue weighted by molar-refractivity contribution is -0.136. The highest BCUT2D eigenvalue weighted by Crippen LogP contribution is 2.38. The van der Waals surface area contributed by atoms with E-state index < -0.39 is 5.54 Å². The number of imide groups is 1. The summed E-state index contributed by atoms with van der Waals surface area (Å²) in [6, 6.07) is 7.93. The van der Waals surface area contributed by atoms with Crippen molar-refractivity contribution >= 4 is 11.9 Å². The second-order valence-electron chi connectivity index (χ2n) is 8.35. The summed E-state index contributed by atoms with van der Waals surface area (Å²) in [5.74, 6) is 0.722. The average Bonchev–Trinajstić information content (AvgIpc) is 2.97. The van der Waals surface area contributed by atoms with Crippen LogP contribution in [0.15, 0.2) is 24.3 Å². The molecule has 1 aromatic carbocycles. The molecule has 0 bridgehead atoms. The summed E-state index contributed by atoms with van der Waals surface area (Å²) in [7, 11) is 4.93. The minimum atomic E-state index is -0.763. The summed E-state index contributed by atoms with van der Waals surface area (Å²) < 4.78 is 15.7. The molecule has 3 rings (SSSR count). The number of piperidine rings is 1. The molecule has 31 heavy (non-hydrogen) atoms. The number of urea groups is 1. The second kappa shape index (κ2) is 10.4. The first kappa shape index (κ1) is 23.5. The van der Waals surface area contributed by atoms with Gasteiger partial charge in [0, 0.05) is 39.9 Å². The number of ether oxygens (including phenoxy) is 3. The molecule has 2 aliphatic rings. The SMILES string of the molecule is COCCN1C(=O)N(CCc2ccc(OC)cc2)C2(CCN([C@@H](C)COC)CC2)C1=O. The summed E-state index contributed by atoms with van der Waals surface area (Å²) in [6.45, 7) is 5.46. The van der Waals surface area contributed by atoms with Crippen LogP contribution in [0.25, 0.3) is 0 Å². The molecule has 2 aliphatic heterocycles. The molecule has 0 aliphatic carbocycles. The van der Waals surface area contributed by atoms with Gasteiger partial charge in [0.05, 0.1) is 26.9 Å². The van der Waals surface area contributed by atoms with Crippen LogP contribution in [0.5, 0.6) is 5.75 Å². The molecule has 3 amide bonds. The van der Waals surface area contributed by atoms with Crippen molar-refractivity contribution in [2.45, 2.75) is 37.8 Å². The normalized spacial score (nSPS) is 20.0. The van der Waals surface area contributed by atoms with Gasteiger partial charge >= 0.3 is 6.03 Å². The van der Waals surface area contributed by atoms with Gasteiger partial charge in [0.15, 0.2) is 0 Å². The maximum Gasteiger partial charge on any atom is 0.327 e. The van der Waals surface area contributed by atoms with Gasteiger partial charge in [-0.3, -0.25) is 14.6 Å². The minimum absolute atomic E-state index is 0.0803. The number of benzene rings is 1. The largest absolute Gasteiger partial charge is 0.497 e. The lowest BCUT2D eigenvalue weighted by Crippen LogP contribution is -2.58. The zero-order valence-corrected chi connectivity index (χ0v) is 19.1. The number of hydrogen-bond donors (Lipinski definition) is 0. The molecule has 0 unspecified atom stereocenters. The Balaban J connectivity index is 1.76. The van der Waals surface area contributed by atoms with E-state index in [2.05, 4.69) is 11.8 Å². The summed E-state index contributed by atoms with van der Waals surface area (Å²) in [6.07, 6.45) is 1.96. The Kier molecular flexibility index (Phi) is 7.91. The molecule has 1 atom stereocenters. The standard InChI is InChI=1S/C23H35N3O5/c1-18(17-30-3)24-13-10-23(11-14-24)21(27)25(15-16-29-2)22(28)26(23)12-9-19-5-7-20(31-4)8-6-19/h5-8,18H,9-17H2,1-4H3/t18-/m0/s1. The maximum absolute atomic E-state index is 13.5. The van der Waals surface area contributed by atoms with Crippen LogP contribution in [0.2, 0.25) is 0 Å². The van der Waals surface area contributed by atoms with Crippen molar-refractivity contribution in [3.63, 3.8) is 0 Å². The maximum atomic E-state index is 13.5. The number of amides is 3. The molecule has 2 heterocycles. The number of carbonyl (C=O) groups is 2. The summed E-state index contributed by atoms with van der Waals surface area (Å²) >= 11 is 0. The quantitative estimate of drug-likeness (QED) is 0.526. The zero-order chi connectivity index (χ0) is 22.4. The van der Waals surface area contributed by atoms with Gasteiger partial charge in [0.1, 0.15) is 11.3 Å². The third-order valence-corrected chi connectivity index (χ3v) is 6.58. The number of carbonyl (C=O) groups excluding carboxylic acids is 2. The van der Waals surface area contributed by atoms with Crippen molar-refractivity contribution in [1.82, 2.24) is 14.7 Å². The van der Waals surface area contributed by atoms with E-state index in [0.717, 1.165) is 24.4 Å². The first-order valence-electron chi connectivity index (χ1n) is 10.9. The van der Waals surface area contributed by atoms with Crippen LogP contribution in [0, 0.1) is 0 Å². The van der Waals surface area contributed by atoms with Gasteiger partial charge < -0.3 is 19.1 Å². The zero-order valence-electron chi connectivity index (χ0n) is 19.1. The van der Waals surface area contributed by atoms with Crippen molar-refractivity contribution in [1.29, 1.82) is 0 Å². The number of likely N-dealkylation sites (tertiary alicyclic amines) is 1. The predicted molar refractivity (Wildman–Crippen MR) is 117 cm³/mol. The monoisotopic (exact) mass is 433 g/mol. The van der Waals surface area contributed by atoms with E-state index in [1.165, 1.54) is 4.90 Å². The van der Waals surface area contributed by atoms with E-state index in [1.807, 2.05) is 29.2 Å². The first-order chi connectivity index (χ1) is 15.0. The molecular weight excluding hydrogens is 398 g/mol. The molecule has 1 spiro atoms. The number of rotatable bonds is 10. The van der Waals surface area contributed by atoms with Crippen molar-refractivity contribution in [2.75, 3.05) is 60.7 Å². The average molecular weight is 434 g/mol. The topological polar surface area (TPSA) is 71.6 Å². The molecule has 1 aromatic rings. The van der Waals surface area contributed by atoms with E-state index in [-0.39, 0.29) is 18.0 Å². The second-order valence-corrected chi connectivity index (χ2v) is 8.35. The number of nitrogens with zero attached hydrogens (tertiary/aromatic N) is 3. The summed E-state index contributed by atoms with van der Waals surface area (Å²) in [5, 5.41) is 0. The highest BCUT2D eigenvalue weighted by atomic mass is 16.5. The van der Waals surface area contributed by atoms with E-state index in [0.29, 0.717) is 45.6 Å². The van der Waals surface area contributed by atoms with Gasteiger partial charge in [-0.1, -0.05) is 12.1 Å². The summed E-state index contributed by atoms with van der Waals surface area (Å²) in [4.78, 5) is 32.2. The Morgan fingerprint density at radius 3 is 2.26 bits per heavy atom.